The first-order valence-corrected chi connectivity index (χ1v) is 5.90. The summed E-state index contributed by atoms with van der Waals surface area (Å²) in [5.74, 6) is 3.74. The van der Waals surface area contributed by atoms with E-state index in [-0.39, 0.29) is 0 Å². The Labute approximate surface area is 86.4 Å². The topological polar surface area (TPSA) is 0 Å². The predicted octanol–water partition coefficient (Wildman–Crippen LogP) is 3.72. The fourth-order valence-corrected chi connectivity index (χ4v) is 3.78. The second kappa shape index (κ2) is 3.12. The van der Waals surface area contributed by atoms with E-state index in [1.807, 2.05) is 0 Å². The van der Waals surface area contributed by atoms with Gasteiger partial charge >= 0.3 is 0 Å². The highest BCUT2D eigenvalue weighted by atomic mass is 14.5. The summed E-state index contributed by atoms with van der Waals surface area (Å²) >= 11 is 0. The molecular weight excluding hydrogens is 168 g/mol. The van der Waals surface area contributed by atoms with Crippen LogP contribution >= 0.6 is 0 Å². The molecule has 0 spiro atoms. The van der Waals surface area contributed by atoms with Crippen LogP contribution in [0.3, 0.4) is 0 Å². The van der Waals surface area contributed by atoms with E-state index in [1.165, 1.54) is 19.3 Å². The minimum atomic E-state index is 0.893. The van der Waals surface area contributed by atoms with Crippen molar-refractivity contribution in [3.8, 4) is 0 Å². The third kappa shape index (κ3) is 1.06. The minimum absolute atomic E-state index is 0.893. The van der Waals surface area contributed by atoms with E-state index >= 15 is 0 Å². The zero-order valence-corrected chi connectivity index (χ0v) is 8.82. The number of fused-ring (bicyclic) bond motifs is 5. The fourth-order valence-electron chi connectivity index (χ4n) is 3.78. The molecule has 2 fully saturated rings. The maximum Gasteiger partial charge on any atom is -0.0103 e. The van der Waals surface area contributed by atoms with Gasteiger partial charge in [0, 0.05) is 0 Å². The molecule has 2 bridgehead atoms. The Morgan fingerprint density at radius 2 is 2.14 bits per heavy atom. The molecule has 0 saturated heterocycles. The molecule has 74 valence electrons. The lowest BCUT2D eigenvalue weighted by Gasteiger charge is -2.20. The quantitative estimate of drug-likeness (QED) is 0.547. The molecule has 4 unspecified atom stereocenters. The van der Waals surface area contributed by atoms with Gasteiger partial charge in [-0.15, -0.1) is 0 Å². The summed E-state index contributed by atoms with van der Waals surface area (Å²) in [6, 6.07) is 0. The van der Waals surface area contributed by atoms with Crippen molar-refractivity contribution < 1.29 is 0 Å². The first-order chi connectivity index (χ1) is 6.90. The van der Waals surface area contributed by atoms with Crippen molar-refractivity contribution in [2.45, 2.75) is 26.2 Å². The van der Waals surface area contributed by atoms with Crippen LogP contribution in [0, 0.1) is 23.7 Å². The van der Waals surface area contributed by atoms with Gasteiger partial charge in [0.25, 0.3) is 0 Å². The van der Waals surface area contributed by atoms with Gasteiger partial charge in [-0.25, -0.2) is 0 Å². The second-order valence-electron chi connectivity index (χ2n) is 4.94. The number of hydrogen-bond donors (Lipinski definition) is 0. The van der Waals surface area contributed by atoms with Crippen LogP contribution in [0.15, 0.2) is 36.0 Å². The van der Waals surface area contributed by atoms with Crippen LogP contribution in [0.2, 0.25) is 0 Å². The van der Waals surface area contributed by atoms with Gasteiger partial charge in [0.1, 0.15) is 0 Å². The van der Waals surface area contributed by atoms with Gasteiger partial charge in [-0.05, 0) is 49.9 Å². The zero-order chi connectivity index (χ0) is 9.54. The van der Waals surface area contributed by atoms with Gasteiger partial charge in [-0.2, -0.15) is 0 Å². The van der Waals surface area contributed by atoms with E-state index in [0.717, 1.165) is 23.7 Å². The maximum atomic E-state index is 2.48. The molecule has 0 heterocycles. The molecule has 4 atom stereocenters. The largest absolute Gasteiger partial charge is 0.0877 e. The van der Waals surface area contributed by atoms with Crippen molar-refractivity contribution >= 4 is 0 Å². The van der Waals surface area contributed by atoms with E-state index in [0.29, 0.717) is 0 Å². The maximum absolute atomic E-state index is 2.48. The standard InChI is InChI=1S/C14H18/c1-2-3-4-10-7-8-13-11-5-6-12(9-11)14(10)13/h2-6,11-14H,7-9H2,1H3/b3-2-,10-4+. The smallest absolute Gasteiger partial charge is 0.0103 e. The Kier molecular flexibility index (Phi) is 1.90. The van der Waals surface area contributed by atoms with Gasteiger partial charge in [0.2, 0.25) is 0 Å². The number of hydrogen-bond acceptors (Lipinski definition) is 0. The van der Waals surface area contributed by atoms with Crippen molar-refractivity contribution in [2.24, 2.45) is 23.7 Å². The summed E-state index contributed by atoms with van der Waals surface area (Å²) in [6.45, 7) is 2.10. The van der Waals surface area contributed by atoms with Crippen molar-refractivity contribution in [3.63, 3.8) is 0 Å². The highest BCUT2D eigenvalue weighted by molar-refractivity contribution is 5.29. The molecule has 2 saturated carbocycles. The molecule has 0 nitrogen and oxygen atoms in total. The molecule has 3 rings (SSSR count). The first-order valence-electron chi connectivity index (χ1n) is 5.90. The number of allylic oxidation sites excluding steroid dienone is 6. The van der Waals surface area contributed by atoms with Gasteiger partial charge in [0.05, 0.1) is 0 Å². The Morgan fingerprint density at radius 3 is 3.00 bits per heavy atom. The molecule has 0 aliphatic heterocycles. The summed E-state index contributed by atoms with van der Waals surface area (Å²) in [4.78, 5) is 0. The molecule has 3 aliphatic rings. The fraction of sp³-hybridized carbons (Fsp3) is 0.571. The molecule has 0 amide bonds. The SMILES string of the molecule is C/C=C\C=C1/CCC2C3C=CC(C3)C12. The third-order valence-corrected chi connectivity index (χ3v) is 4.32. The summed E-state index contributed by atoms with van der Waals surface area (Å²) in [6.07, 6.45) is 15.9. The second-order valence-corrected chi connectivity index (χ2v) is 4.94. The van der Waals surface area contributed by atoms with Crippen LogP contribution in [0.4, 0.5) is 0 Å². The Balaban J connectivity index is 1.89. The van der Waals surface area contributed by atoms with Crippen LogP contribution in [0.25, 0.3) is 0 Å². The Hall–Kier alpha value is -0.780. The van der Waals surface area contributed by atoms with Crippen LogP contribution in [-0.2, 0) is 0 Å². The van der Waals surface area contributed by atoms with E-state index in [9.17, 15) is 0 Å². The molecule has 0 aromatic carbocycles. The molecule has 0 N–H and O–H groups in total. The molecular formula is C14H18. The Morgan fingerprint density at radius 1 is 1.29 bits per heavy atom. The minimum Gasteiger partial charge on any atom is -0.0877 e. The van der Waals surface area contributed by atoms with Crippen molar-refractivity contribution in [3.05, 3.63) is 36.0 Å². The number of rotatable bonds is 1. The lowest BCUT2D eigenvalue weighted by Crippen LogP contribution is -2.13. The highest BCUT2D eigenvalue weighted by Crippen LogP contribution is 2.57. The normalized spacial score (nSPS) is 47.1. The summed E-state index contributed by atoms with van der Waals surface area (Å²) in [5.41, 5.74) is 1.73. The average Bonchev–Trinajstić information content (AvgIpc) is 2.87. The van der Waals surface area contributed by atoms with Gasteiger partial charge < -0.3 is 0 Å². The first kappa shape index (κ1) is 8.52. The Bertz CT molecular complexity index is 319. The lowest BCUT2D eigenvalue weighted by atomic mass is 9.84. The van der Waals surface area contributed by atoms with Crippen LogP contribution in [0.5, 0.6) is 0 Å². The van der Waals surface area contributed by atoms with Gasteiger partial charge in [0.15, 0.2) is 0 Å². The molecule has 0 radical (unpaired) electrons. The van der Waals surface area contributed by atoms with Crippen LogP contribution in [-0.4, -0.2) is 0 Å². The predicted molar refractivity (Wildman–Crippen MR) is 59.8 cm³/mol. The van der Waals surface area contributed by atoms with E-state index in [4.69, 9.17) is 0 Å². The summed E-state index contributed by atoms with van der Waals surface area (Å²) < 4.78 is 0. The average molecular weight is 186 g/mol. The van der Waals surface area contributed by atoms with E-state index in [2.05, 4.69) is 37.3 Å². The van der Waals surface area contributed by atoms with Crippen molar-refractivity contribution in [1.29, 1.82) is 0 Å². The molecule has 0 heteroatoms. The molecule has 14 heavy (non-hydrogen) atoms. The van der Waals surface area contributed by atoms with Gasteiger partial charge in [-0.3, -0.25) is 0 Å². The highest BCUT2D eigenvalue weighted by Gasteiger charge is 2.48. The molecule has 0 aromatic rings. The van der Waals surface area contributed by atoms with Crippen molar-refractivity contribution in [1.82, 2.24) is 0 Å². The third-order valence-electron chi connectivity index (χ3n) is 4.32. The van der Waals surface area contributed by atoms with Crippen LogP contribution < -0.4 is 0 Å². The molecule has 0 aromatic heterocycles. The molecule has 3 aliphatic carbocycles. The monoisotopic (exact) mass is 186 g/mol. The summed E-state index contributed by atoms with van der Waals surface area (Å²) in [5, 5.41) is 0. The zero-order valence-electron chi connectivity index (χ0n) is 8.82. The lowest BCUT2D eigenvalue weighted by molar-refractivity contribution is 0.395. The van der Waals surface area contributed by atoms with Crippen LogP contribution in [0.1, 0.15) is 26.2 Å². The van der Waals surface area contributed by atoms with Gasteiger partial charge in [-0.1, -0.05) is 36.0 Å². The van der Waals surface area contributed by atoms with E-state index < -0.39 is 0 Å². The van der Waals surface area contributed by atoms with Crippen molar-refractivity contribution in [2.75, 3.05) is 0 Å². The summed E-state index contributed by atoms with van der Waals surface area (Å²) in [7, 11) is 0. The van der Waals surface area contributed by atoms with E-state index in [1.54, 1.807) is 5.57 Å².